The molecule has 0 aliphatic carbocycles. The summed E-state index contributed by atoms with van der Waals surface area (Å²) in [7, 11) is 0. The van der Waals surface area contributed by atoms with Crippen LogP contribution in [-0.2, 0) is 4.74 Å². The molecule has 17 heavy (non-hydrogen) atoms. The minimum atomic E-state index is -2.90. The van der Waals surface area contributed by atoms with E-state index in [0.717, 1.165) is 6.20 Å². The van der Waals surface area contributed by atoms with Crippen molar-refractivity contribution >= 4 is 21.9 Å². The van der Waals surface area contributed by atoms with Gasteiger partial charge in [0, 0.05) is 10.7 Å². The lowest BCUT2D eigenvalue weighted by Gasteiger charge is -2.10. The fraction of sp³-hybridized carbons (Fsp3) is 0.300. The molecule has 90 valence electrons. The van der Waals surface area contributed by atoms with Gasteiger partial charge in [-0.3, -0.25) is 0 Å². The Morgan fingerprint density at radius 1 is 1.71 bits per heavy atom. The van der Waals surface area contributed by atoms with E-state index in [1.807, 2.05) is 0 Å². The van der Waals surface area contributed by atoms with Crippen molar-refractivity contribution in [2.24, 2.45) is 0 Å². The Hall–Kier alpha value is -1.55. The highest BCUT2D eigenvalue weighted by Crippen LogP contribution is 2.31. The van der Waals surface area contributed by atoms with Crippen LogP contribution in [0.3, 0.4) is 0 Å². The molecule has 0 N–H and O–H groups in total. The van der Waals surface area contributed by atoms with Gasteiger partial charge in [-0.25, -0.2) is 18.6 Å². The number of alkyl halides is 2. The van der Waals surface area contributed by atoms with Gasteiger partial charge in [0.05, 0.1) is 12.2 Å². The minimum Gasteiger partial charge on any atom is -0.462 e. The smallest absolute Gasteiger partial charge is 0.341 e. The van der Waals surface area contributed by atoms with Gasteiger partial charge in [-0.15, -0.1) is 0 Å². The number of carbonyl (C=O) groups excluding carboxylic acids is 1. The Morgan fingerprint density at radius 3 is 2.82 bits per heavy atom. The number of aromatic nitrogens is 1. The number of nitrogens with zero attached hydrogens (tertiary/aromatic N) is 2. The molecule has 0 spiro atoms. The Bertz CT molecular complexity index is 486. The van der Waals surface area contributed by atoms with E-state index in [1.54, 1.807) is 6.07 Å². The summed E-state index contributed by atoms with van der Waals surface area (Å²) >= 11 is 2.87. The quantitative estimate of drug-likeness (QED) is 0.806. The third-order valence-corrected chi connectivity index (χ3v) is 2.51. The lowest BCUT2D eigenvalue weighted by Crippen LogP contribution is -2.13. The fourth-order valence-corrected chi connectivity index (χ4v) is 1.68. The molecular formula is C10H7BrF2N2O2. The number of halogens is 3. The molecule has 1 heterocycles. The molecular weight excluding hydrogens is 298 g/mol. The molecule has 1 aromatic heterocycles. The Morgan fingerprint density at radius 2 is 2.35 bits per heavy atom. The maximum Gasteiger partial charge on any atom is 0.341 e. The number of pyridine rings is 1. The summed E-state index contributed by atoms with van der Waals surface area (Å²) in [6.45, 7) is 1.57. The van der Waals surface area contributed by atoms with Gasteiger partial charge in [0.2, 0.25) is 0 Å². The second-order valence-corrected chi connectivity index (χ2v) is 3.73. The monoisotopic (exact) mass is 304 g/mol. The van der Waals surface area contributed by atoms with E-state index in [0.29, 0.717) is 0 Å². The predicted octanol–water partition coefficient (Wildman–Crippen LogP) is 2.83. The standard InChI is InChI=1S/C10H7BrF2N2O2/c1-2-17-10(16)8-6(3-14)15-4-5(11)7(8)9(12)13/h4,9H,2H2,1H3. The van der Waals surface area contributed by atoms with Crippen LogP contribution >= 0.6 is 15.9 Å². The Labute approximate surface area is 104 Å². The summed E-state index contributed by atoms with van der Waals surface area (Å²) in [4.78, 5) is 15.1. The summed E-state index contributed by atoms with van der Waals surface area (Å²) in [6.07, 6.45) is -1.85. The summed E-state index contributed by atoms with van der Waals surface area (Å²) in [6, 6.07) is 1.59. The largest absolute Gasteiger partial charge is 0.462 e. The van der Waals surface area contributed by atoms with Gasteiger partial charge < -0.3 is 4.74 Å². The molecule has 0 saturated carbocycles. The zero-order valence-corrected chi connectivity index (χ0v) is 10.3. The highest BCUT2D eigenvalue weighted by atomic mass is 79.9. The van der Waals surface area contributed by atoms with Gasteiger partial charge in [-0.1, -0.05) is 0 Å². The minimum absolute atomic E-state index is 0.0267. The van der Waals surface area contributed by atoms with E-state index in [4.69, 9.17) is 5.26 Å². The van der Waals surface area contributed by atoms with E-state index < -0.39 is 23.5 Å². The molecule has 7 heteroatoms. The molecule has 1 aromatic rings. The van der Waals surface area contributed by atoms with Crippen molar-refractivity contribution in [1.82, 2.24) is 4.98 Å². The van der Waals surface area contributed by atoms with Gasteiger partial charge >= 0.3 is 5.97 Å². The van der Waals surface area contributed by atoms with Crippen molar-refractivity contribution in [1.29, 1.82) is 5.26 Å². The molecule has 0 aliphatic rings. The van der Waals surface area contributed by atoms with E-state index in [-0.39, 0.29) is 16.8 Å². The zero-order valence-electron chi connectivity index (χ0n) is 8.71. The van der Waals surface area contributed by atoms with Crippen molar-refractivity contribution in [2.45, 2.75) is 13.3 Å². The summed E-state index contributed by atoms with van der Waals surface area (Å²) in [5.41, 5.74) is -1.43. The van der Waals surface area contributed by atoms with Crippen LogP contribution in [0.1, 0.15) is 35.0 Å². The molecule has 0 amide bonds. The number of carbonyl (C=O) groups is 1. The molecule has 0 aliphatic heterocycles. The maximum atomic E-state index is 12.8. The zero-order chi connectivity index (χ0) is 13.0. The highest BCUT2D eigenvalue weighted by Gasteiger charge is 2.26. The maximum absolute atomic E-state index is 12.8. The van der Waals surface area contributed by atoms with Crippen LogP contribution in [0.2, 0.25) is 0 Å². The van der Waals surface area contributed by atoms with Crippen LogP contribution in [0.4, 0.5) is 8.78 Å². The second-order valence-electron chi connectivity index (χ2n) is 2.88. The molecule has 0 bridgehead atoms. The Balaban J connectivity index is 3.47. The number of hydrogen-bond acceptors (Lipinski definition) is 4. The van der Waals surface area contributed by atoms with Crippen LogP contribution in [0.15, 0.2) is 10.7 Å². The average molecular weight is 305 g/mol. The summed E-state index contributed by atoms with van der Waals surface area (Å²) in [5.74, 6) is -0.979. The van der Waals surface area contributed by atoms with Crippen molar-refractivity contribution in [3.8, 4) is 6.07 Å². The highest BCUT2D eigenvalue weighted by molar-refractivity contribution is 9.10. The van der Waals surface area contributed by atoms with Gasteiger partial charge in [-0.05, 0) is 22.9 Å². The fourth-order valence-electron chi connectivity index (χ4n) is 1.21. The number of rotatable bonds is 3. The van der Waals surface area contributed by atoms with Crippen molar-refractivity contribution in [3.05, 3.63) is 27.5 Å². The molecule has 0 atom stereocenters. The van der Waals surface area contributed by atoms with Crippen LogP contribution < -0.4 is 0 Å². The third-order valence-electron chi connectivity index (χ3n) is 1.87. The first-order valence-electron chi connectivity index (χ1n) is 4.56. The summed E-state index contributed by atoms with van der Waals surface area (Å²) in [5, 5.41) is 8.75. The first kappa shape index (κ1) is 13.5. The van der Waals surface area contributed by atoms with Crippen molar-refractivity contribution in [2.75, 3.05) is 6.61 Å². The van der Waals surface area contributed by atoms with E-state index >= 15 is 0 Å². The number of nitriles is 1. The van der Waals surface area contributed by atoms with Gasteiger partial charge in [0.25, 0.3) is 6.43 Å². The molecule has 0 unspecified atom stereocenters. The molecule has 0 radical (unpaired) electrons. The lowest BCUT2D eigenvalue weighted by molar-refractivity contribution is 0.0514. The van der Waals surface area contributed by atoms with Crippen LogP contribution in [-0.4, -0.2) is 17.6 Å². The third kappa shape index (κ3) is 2.77. The number of ether oxygens (including phenoxy) is 1. The van der Waals surface area contributed by atoms with Gasteiger partial charge in [-0.2, -0.15) is 5.26 Å². The Kier molecular flexibility index (Phi) is 4.52. The molecule has 1 rings (SSSR count). The average Bonchev–Trinajstić information content (AvgIpc) is 2.28. The first-order chi connectivity index (χ1) is 8.02. The topological polar surface area (TPSA) is 63.0 Å². The molecule has 4 nitrogen and oxygen atoms in total. The number of hydrogen-bond donors (Lipinski definition) is 0. The molecule has 0 saturated heterocycles. The predicted molar refractivity (Wildman–Crippen MR) is 57.6 cm³/mol. The SMILES string of the molecule is CCOC(=O)c1c(C#N)ncc(Br)c1C(F)F. The van der Waals surface area contributed by atoms with Gasteiger partial charge in [0.1, 0.15) is 11.6 Å². The van der Waals surface area contributed by atoms with E-state index in [1.165, 1.54) is 6.92 Å². The van der Waals surface area contributed by atoms with Crippen molar-refractivity contribution in [3.63, 3.8) is 0 Å². The van der Waals surface area contributed by atoms with Crippen LogP contribution in [0, 0.1) is 11.3 Å². The van der Waals surface area contributed by atoms with Gasteiger partial charge in [0.15, 0.2) is 5.69 Å². The first-order valence-corrected chi connectivity index (χ1v) is 5.36. The van der Waals surface area contributed by atoms with Crippen LogP contribution in [0.25, 0.3) is 0 Å². The number of esters is 1. The summed E-state index contributed by atoms with van der Waals surface area (Å²) < 4.78 is 30.3. The normalized spacial score (nSPS) is 10.1. The van der Waals surface area contributed by atoms with E-state index in [2.05, 4.69) is 25.7 Å². The van der Waals surface area contributed by atoms with Crippen molar-refractivity contribution < 1.29 is 18.3 Å². The second kappa shape index (κ2) is 5.68. The van der Waals surface area contributed by atoms with E-state index in [9.17, 15) is 13.6 Å². The molecule has 0 aromatic carbocycles. The van der Waals surface area contributed by atoms with Crippen LogP contribution in [0.5, 0.6) is 0 Å². The lowest BCUT2D eigenvalue weighted by atomic mass is 10.1. The molecule has 0 fully saturated rings.